The molecule has 0 radical (unpaired) electrons. The highest BCUT2D eigenvalue weighted by Gasteiger charge is 2.23. The molecule has 1 aromatic rings. The van der Waals surface area contributed by atoms with Crippen LogP contribution in [0, 0.1) is 5.92 Å². The molecule has 0 aliphatic carbocycles. The Bertz CT molecular complexity index is 353. The number of likely N-dealkylation sites (tertiary alicyclic amines) is 1. The Hall–Kier alpha value is -0.870. The minimum Gasteiger partial charge on any atom is -0.337 e. The fourth-order valence-electron chi connectivity index (χ4n) is 2.63. The van der Waals surface area contributed by atoms with Crippen molar-refractivity contribution in [3.63, 3.8) is 0 Å². The molecule has 19 heavy (non-hydrogen) atoms. The summed E-state index contributed by atoms with van der Waals surface area (Å²) in [5, 5.41) is 3.62. The van der Waals surface area contributed by atoms with Crippen LogP contribution in [0.4, 0.5) is 0 Å². The molecule has 2 heterocycles. The topological polar surface area (TPSA) is 33.1 Å². The van der Waals surface area contributed by atoms with Crippen molar-refractivity contribution in [1.29, 1.82) is 0 Å². The van der Waals surface area contributed by atoms with Gasteiger partial charge in [-0.2, -0.15) is 0 Å². The highest BCUT2D eigenvalue weighted by molar-refractivity contribution is 4.81. The van der Waals surface area contributed by atoms with E-state index in [1.807, 2.05) is 18.7 Å². The highest BCUT2D eigenvalue weighted by Crippen LogP contribution is 2.16. The molecule has 4 nitrogen and oxygen atoms in total. The third kappa shape index (κ3) is 5.33. The lowest BCUT2D eigenvalue weighted by Gasteiger charge is -2.23. The second kappa shape index (κ2) is 6.53. The van der Waals surface area contributed by atoms with Crippen LogP contribution in [0.1, 0.15) is 33.6 Å². The lowest BCUT2D eigenvalue weighted by molar-refractivity contribution is 0.302. The van der Waals surface area contributed by atoms with Crippen LogP contribution in [0.5, 0.6) is 0 Å². The zero-order chi connectivity index (χ0) is 13.7. The zero-order valence-electron chi connectivity index (χ0n) is 12.6. The van der Waals surface area contributed by atoms with Crippen molar-refractivity contribution >= 4 is 0 Å². The van der Waals surface area contributed by atoms with Gasteiger partial charge in [-0.25, -0.2) is 4.98 Å². The molecule has 108 valence electrons. The summed E-state index contributed by atoms with van der Waals surface area (Å²) >= 11 is 0. The molecule has 0 bridgehead atoms. The van der Waals surface area contributed by atoms with E-state index >= 15 is 0 Å². The minimum absolute atomic E-state index is 0.245. The second-order valence-electron chi connectivity index (χ2n) is 6.74. The van der Waals surface area contributed by atoms with Crippen LogP contribution in [0.25, 0.3) is 0 Å². The van der Waals surface area contributed by atoms with E-state index in [0.29, 0.717) is 0 Å². The molecule has 1 aromatic heterocycles. The first kappa shape index (κ1) is 14.5. The SMILES string of the molecule is CC(C)(C)NCC1CCN(CCCn2ccnc2)C1. The maximum Gasteiger partial charge on any atom is 0.0945 e. The van der Waals surface area contributed by atoms with E-state index in [1.54, 1.807) is 0 Å². The number of aromatic nitrogens is 2. The Kier molecular flexibility index (Phi) is 4.99. The van der Waals surface area contributed by atoms with Gasteiger partial charge in [0, 0.05) is 31.0 Å². The Balaban J connectivity index is 1.59. The lowest BCUT2D eigenvalue weighted by Crippen LogP contribution is -2.39. The number of hydrogen-bond acceptors (Lipinski definition) is 3. The molecule has 1 N–H and O–H groups in total. The van der Waals surface area contributed by atoms with Gasteiger partial charge in [0.25, 0.3) is 0 Å². The predicted molar refractivity (Wildman–Crippen MR) is 79.1 cm³/mol. The number of aryl methyl sites for hydroxylation is 1. The van der Waals surface area contributed by atoms with Crippen LogP contribution in [0.3, 0.4) is 0 Å². The van der Waals surface area contributed by atoms with E-state index in [0.717, 1.165) is 19.0 Å². The van der Waals surface area contributed by atoms with Crippen LogP contribution >= 0.6 is 0 Å². The molecule has 1 atom stereocenters. The van der Waals surface area contributed by atoms with Crippen molar-refractivity contribution in [1.82, 2.24) is 19.8 Å². The number of nitrogens with one attached hydrogen (secondary N) is 1. The van der Waals surface area contributed by atoms with Gasteiger partial charge < -0.3 is 14.8 Å². The molecule has 1 unspecified atom stereocenters. The van der Waals surface area contributed by atoms with E-state index < -0.39 is 0 Å². The summed E-state index contributed by atoms with van der Waals surface area (Å²) in [6, 6.07) is 0. The number of rotatable bonds is 6. The maximum atomic E-state index is 4.07. The predicted octanol–water partition coefficient (Wildman–Crippen LogP) is 1.98. The first-order chi connectivity index (χ1) is 9.03. The van der Waals surface area contributed by atoms with Crippen molar-refractivity contribution < 1.29 is 0 Å². The summed E-state index contributed by atoms with van der Waals surface area (Å²) in [4.78, 5) is 6.68. The molecule has 1 saturated heterocycles. The van der Waals surface area contributed by atoms with Gasteiger partial charge in [-0.1, -0.05) is 0 Å². The van der Waals surface area contributed by atoms with Crippen molar-refractivity contribution in [2.24, 2.45) is 5.92 Å². The standard InChI is InChI=1S/C15H28N4/c1-15(2,3)17-11-14-5-9-18(12-14)7-4-8-19-10-6-16-13-19/h6,10,13-14,17H,4-5,7-9,11-12H2,1-3H3. The Morgan fingerprint density at radius 2 is 2.16 bits per heavy atom. The molecule has 0 spiro atoms. The van der Waals surface area contributed by atoms with Gasteiger partial charge >= 0.3 is 0 Å². The molecule has 1 fully saturated rings. The third-order valence-corrected chi connectivity index (χ3v) is 3.74. The van der Waals surface area contributed by atoms with E-state index in [-0.39, 0.29) is 5.54 Å². The average molecular weight is 264 g/mol. The number of nitrogens with zero attached hydrogens (tertiary/aromatic N) is 3. The molecule has 0 aromatic carbocycles. The lowest BCUT2D eigenvalue weighted by atomic mass is 10.1. The zero-order valence-corrected chi connectivity index (χ0v) is 12.6. The molecule has 2 rings (SSSR count). The number of imidazole rings is 1. The largest absolute Gasteiger partial charge is 0.337 e. The summed E-state index contributed by atoms with van der Waals surface area (Å²) in [5.41, 5.74) is 0.245. The first-order valence-corrected chi connectivity index (χ1v) is 7.46. The van der Waals surface area contributed by atoms with Gasteiger partial charge in [0.15, 0.2) is 0 Å². The van der Waals surface area contributed by atoms with E-state index in [1.165, 1.54) is 32.5 Å². The third-order valence-electron chi connectivity index (χ3n) is 3.74. The molecule has 0 saturated carbocycles. The van der Waals surface area contributed by atoms with Crippen molar-refractivity contribution in [3.05, 3.63) is 18.7 Å². The van der Waals surface area contributed by atoms with Crippen LogP contribution in [-0.2, 0) is 6.54 Å². The van der Waals surface area contributed by atoms with Gasteiger partial charge in [0.2, 0.25) is 0 Å². The first-order valence-electron chi connectivity index (χ1n) is 7.46. The van der Waals surface area contributed by atoms with Gasteiger partial charge in [-0.3, -0.25) is 0 Å². The monoisotopic (exact) mass is 264 g/mol. The molecule has 1 aliphatic rings. The van der Waals surface area contributed by atoms with Gasteiger partial charge in [0.05, 0.1) is 6.33 Å². The fraction of sp³-hybridized carbons (Fsp3) is 0.800. The Morgan fingerprint density at radius 1 is 1.32 bits per heavy atom. The molecule has 1 aliphatic heterocycles. The van der Waals surface area contributed by atoms with Gasteiger partial charge in [0.1, 0.15) is 0 Å². The normalized spacial score (nSPS) is 21.1. The van der Waals surface area contributed by atoms with Crippen LogP contribution in [-0.4, -0.2) is 46.2 Å². The molecular weight excluding hydrogens is 236 g/mol. The summed E-state index contributed by atoms with van der Waals surface area (Å²) in [6.07, 6.45) is 8.36. The van der Waals surface area contributed by atoms with Crippen LogP contribution in [0.15, 0.2) is 18.7 Å². The summed E-state index contributed by atoms with van der Waals surface area (Å²) in [7, 11) is 0. The quantitative estimate of drug-likeness (QED) is 0.853. The average Bonchev–Trinajstić information content (AvgIpc) is 2.97. The Morgan fingerprint density at radius 3 is 2.84 bits per heavy atom. The smallest absolute Gasteiger partial charge is 0.0945 e. The van der Waals surface area contributed by atoms with Gasteiger partial charge in [-0.05, 0) is 59.2 Å². The molecule has 4 heteroatoms. The molecular formula is C15H28N4. The summed E-state index contributed by atoms with van der Waals surface area (Å²) < 4.78 is 2.16. The van der Waals surface area contributed by atoms with E-state index in [9.17, 15) is 0 Å². The van der Waals surface area contributed by atoms with Gasteiger partial charge in [-0.15, -0.1) is 0 Å². The van der Waals surface area contributed by atoms with E-state index in [4.69, 9.17) is 0 Å². The van der Waals surface area contributed by atoms with Crippen molar-refractivity contribution in [2.45, 2.75) is 45.7 Å². The van der Waals surface area contributed by atoms with E-state index in [2.05, 4.69) is 40.5 Å². The highest BCUT2D eigenvalue weighted by atomic mass is 15.2. The molecule has 0 amide bonds. The van der Waals surface area contributed by atoms with Crippen molar-refractivity contribution in [3.8, 4) is 0 Å². The Labute approximate surface area is 117 Å². The van der Waals surface area contributed by atoms with Crippen LogP contribution < -0.4 is 5.32 Å². The minimum atomic E-state index is 0.245. The summed E-state index contributed by atoms with van der Waals surface area (Å²) in [5.74, 6) is 0.826. The summed E-state index contributed by atoms with van der Waals surface area (Å²) in [6.45, 7) is 12.7. The fourth-order valence-corrected chi connectivity index (χ4v) is 2.63. The maximum absolute atomic E-state index is 4.07. The number of hydrogen-bond donors (Lipinski definition) is 1. The van der Waals surface area contributed by atoms with Crippen molar-refractivity contribution in [2.75, 3.05) is 26.2 Å². The second-order valence-corrected chi connectivity index (χ2v) is 6.74. The van der Waals surface area contributed by atoms with Crippen LogP contribution in [0.2, 0.25) is 0 Å².